The molecule has 1 fully saturated rings. The second-order valence-corrected chi connectivity index (χ2v) is 8.22. The van der Waals surface area contributed by atoms with E-state index in [4.69, 9.17) is 4.74 Å². The van der Waals surface area contributed by atoms with E-state index in [9.17, 15) is 18.0 Å². The zero-order valence-electron chi connectivity index (χ0n) is 17.6. The number of alkyl halides is 3. The summed E-state index contributed by atoms with van der Waals surface area (Å²) in [7, 11) is 0. The average Bonchev–Trinajstić information content (AvgIpc) is 2.78. The quantitative estimate of drug-likeness (QED) is 0.702. The van der Waals surface area contributed by atoms with Crippen molar-refractivity contribution in [1.29, 1.82) is 0 Å². The minimum Gasteiger partial charge on any atom is -0.481 e. The van der Waals surface area contributed by atoms with Gasteiger partial charge in [0.05, 0.1) is 5.56 Å². The minimum absolute atomic E-state index is 0.0860. The first-order chi connectivity index (χ1) is 14.8. The average molecular weight is 432 g/mol. The molecule has 7 heteroatoms. The van der Waals surface area contributed by atoms with Crippen LogP contribution >= 0.6 is 0 Å². The molecule has 2 aromatic rings. The van der Waals surface area contributed by atoms with Crippen molar-refractivity contribution in [2.75, 3.05) is 31.1 Å². The number of aryl methyl sites for hydroxylation is 1. The number of halogens is 3. The molecule has 1 atom stereocenters. The van der Waals surface area contributed by atoms with E-state index >= 15 is 0 Å². The molecule has 1 heterocycles. The van der Waals surface area contributed by atoms with E-state index in [0.29, 0.717) is 31.9 Å². The molecule has 1 aliphatic heterocycles. The molecule has 0 aromatic heterocycles. The van der Waals surface area contributed by atoms with Gasteiger partial charge in [-0.3, -0.25) is 4.79 Å². The lowest BCUT2D eigenvalue weighted by Gasteiger charge is -2.37. The maximum Gasteiger partial charge on any atom is 0.416 e. The van der Waals surface area contributed by atoms with Crippen molar-refractivity contribution in [2.24, 2.45) is 0 Å². The van der Waals surface area contributed by atoms with Crippen molar-refractivity contribution in [3.63, 3.8) is 0 Å². The molecule has 4 nitrogen and oxygen atoms in total. The van der Waals surface area contributed by atoms with Crippen LogP contribution in [0.5, 0.6) is 5.75 Å². The van der Waals surface area contributed by atoms with Gasteiger partial charge in [0, 0.05) is 31.9 Å². The lowest BCUT2D eigenvalue weighted by molar-refractivity contribution is -0.138. The SMILES string of the molecule is C[C@H](Oc1cccc2c1CCCC2)C(=O)N1CCN(c2cccc(C(F)(F)F)c2)CC1. The third kappa shape index (κ3) is 4.81. The molecule has 166 valence electrons. The lowest BCUT2D eigenvalue weighted by atomic mass is 9.91. The fraction of sp³-hybridized carbons (Fsp3) is 0.458. The van der Waals surface area contributed by atoms with Gasteiger partial charge >= 0.3 is 6.18 Å². The van der Waals surface area contributed by atoms with Crippen molar-refractivity contribution in [1.82, 2.24) is 4.90 Å². The molecule has 0 saturated carbocycles. The van der Waals surface area contributed by atoms with Crippen molar-refractivity contribution < 1.29 is 22.7 Å². The fourth-order valence-corrected chi connectivity index (χ4v) is 4.42. The Bertz CT molecular complexity index is 937. The van der Waals surface area contributed by atoms with Crippen LogP contribution in [0.4, 0.5) is 18.9 Å². The van der Waals surface area contributed by atoms with E-state index in [2.05, 4.69) is 6.07 Å². The van der Waals surface area contributed by atoms with Crippen LogP contribution in [0, 0.1) is 0 Å². The van der Waals surface area contributed by atoms with Gasteiger partial charge in [0.15, 0.2) is 6.10 Å². The summed E-state index contributed by atoms with van der Waals surface area (Å²) in [5.74, 6) is 0.706. The number of piperazine rings is 1. The van der Waals surface area contributed by atoms with Gasteiger partial charge in [-0.25, -0.2) is 0 Å². The van der Waals surface area contributed by atoms with Crippen molar-refractivity contribution in [2.45, 2.75) is 44.9 Å². The van der Waals surface area contributed by atoms with E-state index in [0.717, 1.165) is 31.1 Å². The van der Waals surface area contributed by atoms with Crippen LogP contribution in [-0.4, -0.2) is 43.1 Å². The molecule has 31 heavy (non-hydrogen) atoms. The number of hydrogen-bond acceptors (Lipinski definition) is 3. The van der Waals surface area contributed by atoms with Crippen molar-refractivity contribution in [3.8, 4) is 5.75 Å². The molecule has 1 aliphatic carbocycles. The summed E-state index contributed by atoms with van der Waals surface area (Å²) in [6.07, 6.45) is -0.631. The predicted octanol–water partition coefficient (Wildman–Crippen LogP) is 4.70. The molecule has 0 spiro atoms. The summed E-state index contributed by atoms with van der Waals surface area (Å²) in [5, 5.41) is 0. The summed E-state index contributed by atoms with van der Waals surface area (Å²) in [6, 6.07) is 11.4. The molecule has 0 unspecified atom stereocenters. The molecular weight excluding hydrogens is 405 g/mol. The number of carbonyl (C=O) groups is 1. The summed E-state index contributed by atoms with van der Waals surface area (Å²) in [5.41, 5.74) is 2.39. The number of hydrogen-bond donors (Lipinski definition) is 0. The van der Waals surface area contributed by atoms with Crippen molar-refractivity contribution >= 4 is 11.6 Å². The molecule has 0 radical (unpaired) electrons. The number of amides is 1. The largest absolute Gasteiger partial charge is 0.481 e. The predicted molar refractivity (Wildman–Crippen MR) is 113 cm³/mol. The second-order valence-electron chi connectivity index (χ2n) is 8.22. The standard InChI is InChI=1S/C24H27F3N2O2/c1-17(31-22-11-4-7-18-6-2-3-10-21(18)22)23(30)29-14-12-28(13-15-29)20-9-5-8-19(16-20)24(25,26)27/h4-5,7-9,11,16-17H,2-3,6,10,12-15H2,1H3/t17-/m0/s1. The normalized spacial score (nSPS) is 17.8. The van der Waals surface area contributed by atoms with Crippen molar-refractivity contribution in [3.05, 3.63) is 59.2 Å². The monoisotopic (exact) mass is 432 g/mol. The topological polar surface area (TPSA) is 32.8 Å². The highest BCUT2D eigenvalue weighted by Crippen LogP contribution is 2.32. The van der Waals surface area contributed by atoms with Gasteiger partial charge in [-0.2, -0.15) is 13.2 Å². The lowest BCUT2D eigenvalue weighted by Crippen LogP contribution is -2.52. The zero-order valence-corrected chi connectivity index (χ0v) is 17.6. The highest BCUT2D eigenvalue weighted by atomic mass is 19.4. The van der Waals surface area contributed by atoms with Crippen LogP contribution in [0.3, 0.4) is 0 Å². The smallest absolute Gasteiger partial charge is 0.416 e. The Morgan fingerprint density at radius 3 is 2.45 bits per heavy atom. The molecular formula is C24H27F3N2O2. The Labute approximate surface area is 180 Å². The molecule has 4 rings (SSSR count). The number of anilines is 1. The summed E-state index contributed by atoms with van der Waals surface area (Å²) in [4.78, 5) is 16.6. The molecule has 1 amide bonds. The Morgan fingerprint density at radius 2 is 1.71 bits per heavy atom. The molecule has 0 N–H and O–H groups in total. The van der Waals surface area contributed by atoms with E-state index in [1.807, 2.05) is 17.0 Å². The number of benzene rings is 2. The van der Waals surface area contributed by atoms with E-state index in [1.54, 1.807) is 17.9 Å². The number of fused-ring (bicyclic) bond motifs is 1. The number of carbonyl (C=O) groups excluding carboxylic acids is 1. The van der Waals surface area contributed by atoms with Crippen LogP contribution in [0.1, 0.15) is 36.5 Å². The van der Waals surface area contributed by atoms with Gasteiger partial charge in [0.2, 0.25) is 0 Å². The summed E-state index contributed by atoms with van der Waals surface area (Å²) >= 11 is 0. The van der Waals surface area contributed by atoms with E-state index in [-0.39, 0.29) is 5.91 Å². The third-order valence-electron chi connectivity index (χ3n) is 6.13. The Balaban J connectivity index is 1.36. The number of nitrogens with zero attached hydrogens (tertiary/aromatic N) is 2. The molecule has 2 aromatic carbocycles. The van der Waals surface area contributed by atoms with Gasteiger partial charge in [0.1, 0.15) is 5.75 Å². The third-order valence-corrected chi connectivity index (χ3v) is 6.13. The van der Waals surface area contributed by atoms with Crippen LogP contribution in [0.25, 0.3) is 0 Å². The van der Waals surface area contributed by atoms with Gasteiger partial charge in [-0.05, 0) is 68.0 Å². The highest BCUT2D eigenvalue weighted by molar-refractivity contribution is 5.81. The van der Waals surface area contributed by atoms with E-state index < -0.39 is 17.8 Å². The van der Waals surface area contributed by atoms with Crippen LogP contribution in [0.15, 0.2) is 42.5 Å². The Morgan fingerprint density at radius 1 is 1.00 bits per heavy atom. The molecule has 1 saturated heterocycles. The molecule has 0 bridgehead atoms. The number of ether oxygens (including phenoxy) is 1. The van der Waals surface area contributed by atoms with Crippen LogP contribution < -0.4 is 9.64 Å². The van der Waals surface area contributed by atoms with E-state index in [1.165, 1.54) is 29.7 Å². The Kier molecular flexibility index (Phi) is 6.12. The summed E-state index contributed by atoms with van der Waals surface area (Å²) < 4.78 is 45.0. The van der Waals surface area contributed by atoms with Gasteiger partial charge in [-0.1, -0.05) is 18.2 Å². The minimum atomic E-state index is -4.36. The van der Waals surface area contributed by atoms with Gasteiger partial charge in [-0.15, -0.1) is 0 Å². The second kappa shape index (κ2) is 8.81. The Hall–Kier alpha value is -2.70. The zero-order chi connectivity index (χ0) is 22.0. The summed E-state index contributed by atoms with van der Waals surface area (Å²) in [6.45, 7) is 3.65. The maximum atomic E-state index is 13.0. The first-order valence-electron chi connectivity index (χ1n) is 10.8. The first-order valence-corrected chi connectivity index (χ1v) is 10.8. The van der Waals surface area contributed by atoms with Gasteiger partial charge in [0.25, 0.3) is 5.91 Å². The van der Waals surface area contributed by atoms with Crippen LogP contribution in [0.2, 0.25) is 0 Å². The number of rotatable bonds is 4. The molecule has 2 aliphatic rings. The van der Waals surface area contributed by atoms with Gasteiger partial charge < -0.3 is 14.5 Å². The first kappa shape index (κ1) is 21.5. The highest BCUT2D eigenvalue weighted by Gasteiger charge is 2.32. The van der Waals surface area contributed by atoms with Crippen LogP contribution in [-0.2, 0) is 23.8 Å². The maximum absolute atomic E-state index is 13.0. The fourth-order valence-electron chi connectivity index (χ4n) is 4.42.